The van der Waals surface area contributed by atoms with E-state index in [2.05, 4.69) is 4.57 Å². The molecule has 0 saturated carbocycles. The molecule has 1 aromatic rings. The molecule has 0 bridgehead atoms. The van der Waals surface area contributed by atoms with E-state index in [1.54, 1.807) is 0 Å². The molecule has 0 amide bonds. The van der Waals surface area contributed by atoms with Gasteiger partial charge in [-0.1, -0.05) is 0 Å². The summed E-state index contributed by atoms with van der Waals surface area (Å²) in [4.78, 5) is 0. The first kappa shape index (κ1) is 14.6. The van der Waals surface area contributed by atoms with Crippen molar-refractivity contribution in [3.8, 4) is 0 Å². The van der Waals surface area contributed by atoms with Gasteiger partial charge in [-0.2, -0.15) is 0 Å². The van der Waals surface area contributed by atoms with Gasteiger partial charge in [-0.15, -0.1) is 0 Å². The fourth-order valence-electron chi connectivity index (χ4n) is 1.17. The quantitative estimate of drug-likeness (QED) is 0.403. The Morgan fingerprint density at radius 2 is 1.93 bits per heavy atom. The smallest absolute Gasteiger partial charge is 0.243 e. The summed E-state index contributed by atoms with van der Waals surface area (Å²) in [5.74, 6) is 0. The lowest BCUT2D eigenvalue weighted by molar-refractivity contribution is -0.671. The van der Waals surface area contributed by atoms with Gasteiger partial charge in [0, 0.05) is 6.61 Å². The zero-order valence-electron chi connectivity index (χ0n) is 9.36. The summed E-state index contributed by atoms with van der Waals surface area (Å²) in [6, 6.07) is 0. The van der Waals surface area contributed by atoms with Crippen LogP contribution in [0.3, 0.4) is 0 Å². The van der Waals surface area contributed by atoms with Crippen LogP contribution in [0.25, 0.3) is 0 Å². The van der Waals surface area contributed by atoms with Crippen LogP contribution in [-0.2, 0) is 23.1 Å². The van der Waals surface area contributed by atoms with E-state index < -0.39 is 0 Å². The number of hydrogen-bond acceptors (Lipinski definition) is 2. The van der Waals surface area contributed by atoms with E-state index in [0.29, 0.717) is 13.2 Å². The van der Waals surface area contributed by atoms with Crippen molar-refractivity contribution in [1.29, 1.82) is 0 Å². The zero-order chi connectivity index (χ0) is 10.2. The predicted octanol–water partition coefficient (Wildman–Crippen LogP) is -2.63. The van der Waals surface area contributed by atoms with Gasteiger partial charge < -0.3 is 26.5 Å². The van der Waals surface area contributed by atoms with E-state index in [0.717, 1.165) is 19.8 Å². The molecule has 0 aliphatic heterocycles. The molecule has 0 atom stereocenters. The third-order valence-electron chi connectivity index (χ3n) is 1.89. The van der Waals surface area contributed by atoms with Crippen LogP contribution in [-0.4, -0.2) is 31.0 Å². The summed E-state index contributed by atoms with van der Waals surface area (Å²) < 4.78 is 14.7. The third-order valence-corrected chi connectivity index (χ3v) is 1.89. The molecule has 0 N–H and O–H groups in total. The molecule has 0 aliphatic rings. The number of imidazole rings is 1. The van der Waals surface area contributed by atoms with Gasteiger partial charge in [-0.25, -0.2) is 9.13 Å². The van der Waals surface area contributed by atoms with Gasteiger partial charge in [0.05, 0.1) is 26.9 Å². The summed E-state index contributed by atoms with van der Waals surface area (Å²) in [6.07, 6.45) is 6.08. The fourth-order valence-corrected chi connectivity index (χ4v) is 1.17. The second kappa shape index (κ2) is 8.88. The van der Waals surface area contributed by atoms with Crippen LogP contribution in [0.4, 0.5) is 0 Å². The number of ether oxygens (including phenoxy) is 2. The summed E-state index contributed by atoms with van der Waals surface area (Å²) in [5, 5.41) is 0. The molecule has 0 spiro atoms. The monoisotopic (exact) mass is 278 g/mol. The number of aryl methyl sites for hydroxylation is 1. The van der Waals surface area contributed by atoms with Gasteiger partial charge in [-0.3, -0.25) is 0 Å². The van der Waals surface area contributed by atoms with Crippen molar-refractivity contribution in [2.45, 2.75) is 13.5 Å². The number of nitrogens with zero attached hydrogens (tertiary/aromatic N) is 2. The van der Waals surface area contributed by atoms with Crippen LogP contribution in [0.2, 0.25) is 0 Å². The first-order chi connectivity index (χ1) is 6.83. The van der Waals surface area contributed by atoms with Crippen molar-refractivity contribution in [3.05, 3.63) is 18.7 Å². The second-order valence-corrected chi connectivity index (χ2v) is 3.13. The molecule has 0 aromatic carbocycles. The first-order valence-corrected chi connectivity index (χ1v) is 4.99. The summed E-state index contributed by atoms with van der Waals surface area (Å²) in [5.41, 5.74) is 0. The van der Waals surface area contributed by atoms with Crippen LogP contribution >= 0.6 is 0 Å². The van der Waals surface area contributed by atoms with Gasteiger partial charge in [0.2, 0.25) is 6.33 Å². The molecule has 0 aliphatic carbocycles. The second-order valence-electron chi connectivity index (χ2n) is 3.13. The molecule has 1 rings (SSSR count). The lowest BCUT2D eigenvalue weighted by Crippen LogP contribution is -3.00. The van der Waals surface area contributed by atoms with Gasteiger partial charge in [-0.05, 0) is 6.92 Å². The molecule has 0 unspecified atom stereocenters. The third kappa shape index (κ3) is 6.65. The Balaban J connectivity index is 0.00000196. The minimum Gasteiger partial charge on any atom is -1.00 e. The Kier molecular flexibility index (Phi) is 8.65. The average molecular weight is 279 g/mol. The van der Waals surface area contributed by atoms with Crippen LogP contribution in [0, 0.1) is 0 Å². The Hall–Kier alpha value is -0.390. The van der Waals surface area contributed by atoms with Crippen LogP contribution in [0.15, 0.2) is 18.7 Å². The van der Waals surface area contributed by atoms with E-state index in [1.807, 2.05) is 37.3 Å². The van der Waals surface area contributed by atoms with Crippen LogP contribution in [0.5, 0.6) is 0 Å². The zero-order valence-corrected chi connectivity index (χ0v) is 10.9. The molecule has 88 valence electrons. The van der Waals surface area contributed by atoms with E-state index in [4.69, 9.17) is 9.47 Å². The van der Waals surface area contributed by atoms with Crippen LogP contribution in [0.1, 0.15) is 6.92 Å². The Labute approximate surface area is 102 Å². The normalized spacial score (nSPS) is 10.0. The lowest BCUT2D eigenvalue weighted by Gasteiger charge is -2.02. The molecular formula is C10H19BrN2O2. The molecule has 15 heavy (non-hydrogen) atoms. The van der Waals surface area contributed by atoms with Crippen molar-refractivity contribution in [2.24, 2.45) is 7.05 Å². The van der Waals surface area contributed by atoms with Gasteiger partial charge in [0.15, 0.2) is 0 Å². The molecule has 0 radical (unpaired) electrons. The predicted molar refractivity (Wildman–Crippen MR) is 52.9 cm³/mol. The van der Waals surface area contributed by atoms with Gasteiger partial charge >= 0.3 is 0 Å². The maximum atomic E-state index is 5.39. The highest BCUT2D eigenvalue weighted by Crippen LogP contribution is 1.85. The Bertz CT molecular complexity index is 253. The topological polar surface area (TPSA) is 27.3 Å². The minimum atomic E-state index is 0. The van der Waals surface area contributed by atoms with Crippen molar-refractivity contribution < 1.29 is 31.0 Å². The standard InChI is InChI=1S/C10H19N2O2.BrH/c1-3-13-8-9-14-7-6-12-5-4-11(2)10-12;/h4-5,10H,3,6-9H2,1-2H3;1H/q+1;/p-1. The highest BCUT2D eigenvalue weighted by atomic mass is 79.9. The van der Waals surface area contributed by atoms with E-state index in [9.17, 15) is 0 Å². The SMILES string of the molecule is CCOCCOCCn1cc[n+](C)c1.[Br-]. The summed E-state index contributed by atoms with van der Waals surface area (Å²) in [7, 11) is 2.01. The highest BCUT2D eigenvalue weighted by molar-refractivity contribution is 4.65. The largest absolute Gasteiger partial charge is 1.00 e. The van der Waals surface area contributed by atoms with Crippen LogP contribution < -0.4 is 21.5 Å². The number of hydrogen-bond donors (Lipinski definition) is 0. The Morgan fingerprint density at radius 3 is 2.53 bits per heavy atom. The maximum Gasteiger partial charge on any atom is 0.243 e. The molecule has 5 heteroatoms. The van der Waals surface area contributed by atoms with E-state index in [1.165, 1.54) is 0 Å². The summed E-state index contributed by atoms with van der Waals surface area (Å²) >= 11 is 0. The van der Waals surface area contributed by atoms with E-state index in [-0.39, 0.29) is 17.0 Å². The summed E-state index contributed by atoms with van der Waals surface area (Å²) in [6.45, 7) is 5.75. The molecule has 4 nitrogen and oxygen atoms in total. The molecule has 0 fully saturated rings. The molecular weight excluding hydrogens is 260 g/mol. The van der Waals surface area contributed by atoms with Gasteiger partial charge in [0.25, 0.3) is 0 Å². The number of rotatable bonds is 7. The number of aromatic nitrogens is 2. The van der Waals surface area contributed by atoms with E-state index >= 15 is 0 Å². The van der Waals surface area contributed by atoms with Crippen molar-refractivity contribution in [2.75, 3.05) is 26.4 Å². The van der Waals surface area contributed by atoms with Crippen molar-refractivity contribution in [3.63, 3.8) is 0 Å². The fraction of sp³-hybridized carbons (Fsp3) is 0.700. The Morgan fingerprint density at radius 1 is 1.20 bits per heavy atom. The maximum absolute atomic E-state index is 5.39. The van der Waals surface area contributed by atoms with Crippen molar-refractivity contribution in [1.82, 2.24) is 4.57 Å². The van der Waals surface area contributed by atoms with Gasteiger partial charge in [0.1, 0.15) is 18.9 Å². The molecule has 1 heterocycles. The number of halogens is 1. The molecule has 1 aromatic heterocycles. The lowest BCUT2D eigenvalue weighted by atomic mass is 10.6. The highest BCUT2D eigenvalue weighted by Gasteiger charge is 1.98. The first-order valence-electron chi connectivity index (χ1n) is 4.99. The average Bonchev–Trinajstić information content (AvgIpc) is 2.58. The minimum absolute atomic E-state index is 0. The van der Waals surface area contributed by atoms with Crippen molar-refractivity contribution >= 4 is 0 Å². The molecule has 0 saturated heterocycles.